The van der Waals surface area contributed by atoms with Crippen LogP contribution in [0.1, 0.15) is 59.1 Å². The lowest BCUT2D eigenvalue weighted by Crippen LogP contribution is -2.50. The molecule has 33 heavy (non-hydrogen) atoms. The second-order valence-corrected chi connectivity index (χ2v) is 10.1. The zero-order valence-corrected chi connectivity index (χ0v) is 21.8. The number of amides is 2. The van der Waals surface area contributed by atoms with Crippen molar-refractivity contribution in [2.24, 2.45) is 0 Å². The van der Waals surface area contributed by atoms with Gasteiger partial charge < -0.3 is 15.0 Å². The van der Waals surface area contributed by atoms with E-state index in [0.717, 1.165) is 12.0 Å². The normalized spacial score (nSPS) is 13.2. The molecule has 2 amide bonds. The molecule has 0 aromatic heterocycles. The van der Waals surface area contributed by atoms with Crippen LogP contribution in [-0.4, -0.2) is 35.4 Å². The lowest BCUT2D eigenvalue weighted by atomic mass is 9.87. The van der Waals surface area contributed by atoms with Gasteiger partial charge in [0.15, 0.2) is 6.61 Å². The topological polar surface area (TPSA) is 58.6 Å². The van der Waals surface area contributed by atoms with Crippen LogP contribution in [0.4, 0.5) is 0 Å². The number of hydrogen-bond acceptors (Lipinski definition) is 3. The van der Waals surface area contributed by atoms with Crippen molar-refractivity contribution in [1.82, 2.24) is 10.2 Å². The maximum Gasteiger partial charge on any atom is 0.261 e. The van der Waals surface area contributed by atoms with Gasteiger partial charge in [0.05, 0.1) is 10.0 Å². The number of ether oxygens (including phenoxy) is 1. The Morgan fingerprint density at radius 1 is 1.03 bits per heavy atom. The molecule has 0 unspecified atom stereocenters. The first-order valence-electron chi connectivity index (χ1n) is 11.2. The SMILES string of the molecule is CC[C@H](C)NC(=O)[C@@H](C)N(Cc1ccc(Cl)c(Cl)c1)C(=O)COc1ccc(C(C)(C)C)cc1. The minimum atomic E-state index is -0.687. The van der Waals surface area contributed by atoms with Crippen molar-refractivity contribution in [3.8, 4) is 5.75 Å². The molecule has 2 rings (SSSR count). The maximum absolute atomic E-state index is 13.2. The summed E-state index contributed by atoms with van der Waals surface area (Å²) >= 11 is 12.2. The van der Waals surface area contributed by atoms with Crippen LogP contribution in [0.3, 0.4) is 0 Å². The number of benzene rings is 2. The first kappa shape index (κ1) is 27.0. The summed E-state index contributed by atoms with van der Waals surface area (Å²) in [5.74, 6) is 0.0857. The Balaban J connectivity index is 2.17. The fourth-order valence-corrected chi connectivity index (χ4v) is 3.48. The van der Waals surface area contributed by atoms with Gasteiger partial charge in [-0.3, -0.25) is 9.59 Å². The highest BCUT2D eigenvalue weighted by Crippen LogP contribution is 2.25. The Bertz CT molecular complexity index is 955. The summed E-state index contributed by atoms with van der Waals surface area (Å²) in [5.41, 5.74) is 1.98. The fraction of sp³-hybridized carbons (Fsp3) is 0.462. The van der Waals surface area contributed by atoms with Crippen LogP contribution in [-0.2, 0) is 21.5 Å². The number of nitrogens with one attached hydrogen (secondary N) is 1. The minimum absolute atomic E-state index is 0.0134. The Morgan fingerprint density at radius 2 is 1.67 bits per heavy atom. The number of halogens is 2. The second-order valence-electron chi connectivity index (χ2n) is 9.33. The molecule has 0 radical (unpaired) electrons. The standard InChI is InChI=1S/C26H34Cl2N2O3/c1-7-17(2)29-25(32)18(3)30(15-19-8-13-22(27)23(28)14-19)24(31)16-33-21-11-9-20(10-12-21)26(4,5)6/h8-14,17-18H,7,15-16H2,1-6H3,(H,29,32)/t17-,18+/m0/s1. The number of carbonyl (C=O) groups excluding carboxylic acids is 2. The molecule has 0 spiro atoms. The van der Waals surface area contributed by atoms with Crippen molar-refractivity contribution in [2.75, 3.05) is 6.61 Å². The van der Waals surface area contributed by atoms with Gasteiger partial charge in [-0.15, -0.1) is 0 Å². The third kappa shape index (κ3) is 7.94. The van der Waals surface area contributed by atoms with Crippen molar-refractivity contribution < 1.29 is 14.3 Å². The zero-order valence-electron chi connectivity index (χ0n) is 20.2. The van der Waals surface area contributed by atoms with Crippen LogP contribution in [0.5, 0.6) is 5.75 Å². The number of hydrogen-bond donors (Lipinski definition) is 1. The van der Waals surface area contributed by atoms with Gasteiger partial charge in [-0.2, -0.15) is 0 Å². The highest BCUT2D eigenvalue weighted by molar-refractivity contribution is 6.42. The third-order valence-corrected chi connectivity index (χ3v) is 6.33. The van der Waals surface area contributed by atoms with Gasteiger partial charge in [-0.1, -0.05) is 69.1 Å². The minimum Gasteiger partial charge on any atom is -0.484 e. The monoisotopic (exact) mass is 492 g/mol. The Morgan fingerprint density at radius 3 is 2.21 bits per heavy atom. The molecule has 2 atom stereocenters. The summed E-state index contributed by atoms with van der Waals surface area (Å²) in [6.07, 6.45) is 0.798. The molecular formula is C26H34Cl2N2O3. The van der Waals surface area contributed by atoms with E-state index in [9.17, 15) is 9.59 Å². The van der Waals surface area contributed by atoms with Crippen molar-refractivity contribution in [3.05, 3.63) is 63.6 Å². The van der Waals surface area contributed by atoms with Crippen molar-refractivity contribution in [3.63, 3.8) is 0 Å². The van der Waals surface area contributed by atoms with Crippen LogP contribution in [0, 0.1) is 0 Å². The van der Waals surface area contributed by atoms with E-state index in [2.05, 4.69) is 26.1 Å². The van der Waals surface area contributed by atoms with E-state index in [0.29, 0.717) is 15.8 Å². The summed E-state index contributed by atoms with van der Waals surface area (Å²) in [6, 6.07) is 12.2. The third-order valence-electron chi connectivity index (χ3n) is 5.59. The molecule has 0 bridgehead atoms. The van der Waals surface area contributed by atoms with Crippen LogP contribution < -0.4 is 10.1 Å². The van der Waals surface area contributed by atoms with Crippen LogP contribution >= 0.6 is 23.2 Å². The van der Waals surface area contributed by atoms with Crippen molar-refractivity contribution in [1.29, 1.82) is 0 Å². The van der Waals surface area contributed by atoms with Gasteiger partial charge in [-0.25, -0.2) is 0 Å². The highest BCUT2D eigenvalue weighted by atomic mass is 35.5. The van der Waals surface area contributed by atoms with E-state index in [1.807, 2.05) is 38.1 Å². The fourth-order valence-electron chi connectivity index (χ4n) is 3.16. The van der Waals surface area contributed by atoms with E-state index < -0.39 is 6.04 Å². The predicted octanol–water partition coefficient (Wildman–Crippen LogP) is 6.00. The lowest BCUT2D eigenvalue weighted by molar-refractivity contribution is -0.142. The van der Waals surface area contributed by atoms with E-state index in [1.165, 1.54) is 10.5 Å². The molecule has 0 heterocycles. The molecule has 0 saturated carbocycles. The average molecular weight is 493 g/mol. The average Bonchev–Trinajstić information content (AvgIpc) is 2.77. The van der Waals surface area contributed by atoms with Gasteiger partial charge in [-0.05, 0) is 61.1 Å². The zero-order chi connectivity index (χ0) is 24.8. The number of rotatable bonds is 9. The largest absolute Gasteiger partial charge is 0.484 e. The smallest absolute Gasteiger partial charge is 0.261 e. The molecule has 0 aliphatic rings. The first-order valence-corrected chi connectivity index (χ1v) is 11.9. The molecule has 0 fully saturated rings. The second kappa shape index (κ2) is 11.8. The van der Waals surface area contributed by atoms with Crippen LogP contribution in [0.2, 0.25) is 10.0 Å². The summed E-state index contributed by atoms with van der Waals surface area (Å²) in [5, 5.41) is 3.77. The van der Waals surface area contributed by atoms with Gasteiger partial charge in [0.1, 0.15) is 11.8 Å². The lowest BCUT2D eigenvalue weighted by Gasteiger charge is -2.29. The van der Waals surface area contributed by atoms with E-state index >= 15 is 0 Å². The van der Waals surface area contributed by atoms with Gasteiger partial charge in [0.2, 0.25) is 5.91 Å². The maximum atomic E-state index is 13.2. The Kier molecular flexibility index (Phi) is 9.62. The summed E-state index contributed by atoms with van der Waals surface area (Å²) in [7, 11) is 0. The van der Waals surface area contributed by atoms with Gasteiger partial charge in [0.25, 0.3) is 5.91 Å². The van der Waals surface area contributed by atoms with Gasteiger partial charge >= 0.3 is 0 Å². The molecule has 2 aromatic rings. The molecule has 1 N–H and O–H groups in total. The molecule has 0 aliphatic carbocycles. The van der Waals surface area contributed by atoms with E-state index in [-0.39, 0.29) is 36.4 Å². The molecule has 0 aliphatic heterocycles. The summed E-state index contributed by atoms with van der Waals surface area (Å²) < 4.78 is 5.76. The van der Waals surface area contributed by atoms with E-state index in [4.69, 9.17) is 27.9 Å². The Hall–Kier alpha value is -2.24. The molecule has 2 aromatic carbocycles. The van der Waals surface area contributed by atoms with Crippen molar-refractivity contribution >= 4 is 35.0 Å². The highest BCUT2D eigenvalue weighted by Gasteiger charge is 2.27. The van der Waals surface area contributed by atoms with Crippen LogP contribution in [0.15, 0.2) is 42.5 Å². The molecule has 7 heteroatoms. The number of carbonyl (C=O) groups is 2. The Labute approximate surface area is 207 Å². The predicted molar refractivity (Wildman–Crippen MR) is 135 cm³/mol. The molecule has 5 nitrogen and oxygen atoms in total. The number of nitrogens with zero attached hydrogens (tertiary/aromatic N) is 1. The first-order chi connectivity index (χ1) is 15.4. The van der Waals surface area contributed by atoms with Gasteiger partial charge in [0, 0.05) is 12.6 Å². The van der Waals surface area contributed by atoms with Crippen LogP contribution in [0.25, 0.3) is 0 Å². The molecular weight excluding hydrogens is 459 g/mol. The van der Waals surface area contributed by atoms with Crippen molar-refractivity contribution in [2.45, 2.75) is 72.0 Å². The van der Waals surface area contributed by atoms with E-state index in [1.54, 1.807) is 25.1 Å². The molecule has 0 saturated heterocycles. The quantitative estimate of drug-likeness (QED) is 0.466. The molecule has 180 valence electrons. The summed E-state index contributed by atoms with van der Waals surface area (Å²) in [4.78, 5) is 27.4. The summed E-state index contributed by atoms with van der Waals surface area (Å²) in [6.45, 7) is 12.1.